The Hall–Kier alpha value is -1.69. The summed E-state index contributed by atoms with van der Waals surface area (Å²) in [5.74, 6) is 0.212. The van der Waals surface area contributed by atoms with Crippen LogP contribution >= 0.6 is 0 Å². The van der Waals surface area contributed by atoms with Crippen LogP contribution in [0.1, 0.15) is 30.3 Å². The average Bonchev–Trinajstić information content (AvgIpc) is 2.39. The summed E-state index contributed by atoms with van der Waals surface area (Å²) in [7, 11) is 0. The maximum Gasteiger partial charge on any atom is 0.274 e. The highest BCUT2D eigenvalue weighted by atomic mass is 16.5. The minimum atomic E-state index is -0.105. The molecule has 1 atom stereocenters. The lowest BCUT2D eigenvalue weighted by Crippen LogP contribution is -2.43. The Labute approximate surface area is 106 Å². The van der Waals surface area contributed by atoms with Gasteiger partial charge < -0.3 is 15.4 Å². The van der Waals surface area contributed by atoms with Gasteiger partial charge in [0, 0.05) is 19.7 Å². The van der Waals surface area contributed by atoms with Crippen molar-refractivity contribution in [3.63, 3.8) is 0 Å². The molecular formula is C12H18N4O2. The number of anilines is 1. The zero-order valence-corrected chi connectivity index (χ0v) is 10.5. The zero-order valence-electron chi connectivity index (χ0n) is 10.5. The average molecular weight is 250 g/mol. The molecule has 0 saturated carbocycles. The minimum absolute atomic E-state index is 0.105. The van der Waals surface area contributed by atoms with Crippen LogP contribution in [0.5, 0.6) is 0 Å². The SMILES string of the molecule is CCOC1CCCN(C(=O)c2cnc(N)cn2)C1. The molecule has 0 spiro atoms. The number of rotatable bonds is 3. The molecule has 1 saturated heterocycles. The molecule has 6 heteroatoms. The number of amides is 1. The van der Waals surface area contributed by atoms with Gasteiger partial charge >= 0.3 is 0 Å². The summed E-state index contributed by atoms with van der Waals surface area (Å²) >= 11 is 0. The molecule has 0 aliphatic carbocycles. The third-order valence-corrected chi connectivity index (χ3v) is 2.96. The Kier molecular flexibility index (Phi) is 4.09. The van der Waals surface area contributed by atoms with Gasteiger partial charge in [-0.3, -0.25) is 4.79 Å². The van der Waals surface area contributed by atoms with E-state index < -0.39 is 0 Å². The molecule has 0 aromatic carbocycles. The van der Waals surface area contributed by atoms with E-state index in [1.54, 1.807) is 4.90 Å². The lowest BCUT2D eigenvalue weighted by Gasteiger charge is -2.32. The number of aromatic nitrogens is 2. The van der Waals surface area contributed by atoms with Gasteiger partial charge in [-0.15, -0.1) is 0 Å². The number of carbonyl (C=O) groups is 1. The van der Waals surface area contributed by atoms with Gasteiger partial charge in [-0.1, -0.05) is 0 Å². The lowest BCUT2D eigenvalue weighted by atomic mass is 10.1. The second-order valence-corrected chi connectivity index (χ2v) is 4.30. The summed E-state index contributed by atoms with van der Waals surface area (Å²) in [6.07, 6.45) is 4.91. The van der Waals surface area contributed by atoms with E-state index in [9.17, 15) is 4.79 Å². The van der Waals surface area contributed by atoms with E-state index in [0.717, 1.165) is 19.4 Å². The molecule has 0 bridgehead atoms. The van der Waals surface area contributed by atoms with Crippen LogP contribution in [0.3, 0.4) is 0 Å². The molecule has 1 unspecified atom stereocenters. The fraction of sp³-hybridized carbons (Fsp3) is 0.583. The minimum Gasteiger partial charge on any atom is -0.382 e. The van der Waals surface area contributed by atoms with Crippen molar-refractivity contribution in [3.8, 4) is 0 Å². The van der Waals surface area contributed by atoms with Gasteiger partial charge in [-0.2, -0.15) is 0 Å². The van der Waals surface area contributed by atoms with E-state index in [-0.39, 0.29) is 12.0 Å². The lowest BCUT2D eigenvalue weighted by molar-refractivity contribution is 0.00702. The largest absolute Gasteiger partial charge is 0.382 e. The van der Waals surface area contributed by atoms with Crippen LogP contribution in [0, 0.1) is 0 Å². The number of nitrogens with zero attached hydrogens (tertiary/aromatic N) is 3. The number of hydrogen-bond donors (Lipinski definition) is 1. The Balaban J connectivity index is 2.02. The molecule has 1 fully saturated rings. The fourth-order valence-corrected chi connectivity index (χ4v) is 2.10. The zero-order chi connectivity index (χ0) is 13.0. The highest BCUT2D eigenvalue weighted by Crippen LogP contribution is 2.15. The van der Waals surface area contributed by atoms with Crippen LogP contribution < -0.4 is 5.73 Å². The first-order valence-corrected chi connectivity index (χ1v) is 6.19. The quantitative estimate of drug-likeness (QED) is 0.854. The van der Waals surface area contributed by atoms with E-state index in [1.807, 2.05) is 6.92 Å². The van der Waals surface area contributed by atoms with Crippen molar-refractivity contribution in [1.29, 1.82) is 0 Å². The van der Waals surface area contributed by atoms with Gasteiger partial charge in [0.25, 0.3) is 5.91 Å². The summed E-state index contributed by atoms with van der Waals surface area (Å²) in [6, 6.07) is 0. The number of ether oxygens (including phenoxy) is 1. The number of nitrogen functional groups attached to an aromatic ring is 1. The molecule has 1 aromatic rings. The molecule has 0 radical (unpaired) electrons. The van der Waals surface area contributed by atoms with Crippen LogP contribution in [-0.2, 0) is 4.74 Å². The maximum absolute atomic E-state index is 12.2. The summed E-state index contributed by atoms with van der Waals surface area (Å²) < 4.78 is 5.57. The third-order valence-electron chi connectivity index (χ3n) is 2.96. The number of likely N-dealkylation sites (tertiary alicyclic amines) is 1. The molecular weight excluding hydrogens is 232 g/mol. The molecule has 98 valence electrons. The van der Waals surface area contributed by atoms with Crippen molar-refractivity contribution in [2.45, 2.75) is 25.9 Å². The summed E-state index contributed by atoms with van der Waals surface area (Å²) in [6.45, 7) is 4.01. The standard InChI is InChI=1S/C12H18N4O2/c1-2-18-9-4-3-5-16(8-9)12(17)10-6-15-11(13)7-14-10/h6-7,9H,2-5,8H2,1H3,(H2,13,15). The normalized spacial score (nSPS) is 19.8. The molecule has 2 N–H and O–H groups in total. The number of carbonyl (C=O) groups excluding carboxylic acids is 1. The van der Waals surface area contributed by atoms with Crippen LogP contribution in [-0.4, -0.2) is 46.6 Å². The van der Waals surface area contributed by atoms with Gasteiger partial charge in [-0.25, -0.2) is 9.97 Å². The smallest absolute Gasteiger partial charge is 0.274 e. The summed E-state index contributed by atoms with van der Waals surface area (Å²) in [5.41, 5.74) is 5.78. The molecule has 18 heavy (non-hydrogen) atoms. The van der Waals surface area contributed by atoms with Crippen molar-refractivity contribution in [2.75, 3.05) is 25.4 Å². The summed E-state index contributed by atoms with van der Waals surface area (Å²) in [4.78, 5) is 21.8. The van der Waals surface area contributed by atoms with Crippen molar-refractivity contribution in [2.24, 2.45) is 0 Å². The Bertz CT molecular complexity index is 405. The first kappa shape index (κ1) is 12.8. The van der Waals surface area contributed by atoms with Crippen LogP contribution in [0.15, 0.2) is 12.4 Å². The van der Waals surface area contributed by atoms with Gasteiger partial charge in [0.1, 0.15) is 11.5 Å². The Morgan fingerprint density at radius 3 is 3.06 bits per heavy atom. The predicted octanol–water partition coefficient (Wildman–Crippen LogP) is 0.700. The van der Waals surface area contributed by atoms with E-state index in [1.165, 1.54) is 12.4 Å². The van der Waals surface area contributed by atoms with Crippen LogP contribution in [0.25, 0.3) is 0 Å². The third kappa shape index (κ3) is 2.95. The van der Waals surface area contributed by atoms with Gasteiger partial charge in [0.2, 0.25) is 0 Å². The second-order valence-electron chi connectivity index (χ2n) is 4.30. The molecule has 1 aliphatic heterocycles. The highest BCUT2D eigenvalue weighted by Gasteiger charge is 2.25. The second kappa shape index (κ2) is 5.77. The van der Waals surface area contributed by atoms with Gasteiger partial charge in [0.15, 0.2) is 0 Å². The molecule has 1 amide bonds. The Morgan fingerprint density at radius 1 is 1.56 bits per heavy atom. The molecule has 6 nitrogen and oxygen atoms in total. The molecule has 2 rings (SSSR count). The Morgan fingerprint density at radius 2 is 2.39 bits per heavy atom. The monoisotopic (exact) mass is 250 g/mol. The maximum atomic E-state index is 12.2. The summed E-state index contributed by atoms with van der Waals surface area (Å²) in [5, 5.41) is 0. The van der Waals surface area contributed by atoms with E-state index in [4.69, 9.17) is 10.5 Å². The molecule has 1 aliphatic rings. The van der Waals surface area contributed by atoms with Gasteiger partial charge in [-0.05, 0) is 19.8 Å². The van der Waals surface area contributed by atoms with Crippen LogP contribution in [0.4, 0.5) is 5.82 Å². The number of hydrogen-bond acceptors (Lipinski definition) is 5. The van der Waals surface area contributed by atoms with E-state index in [0.29, 0.717) is 24.7 Å². The first-order valence-electron chi connectivity index (χ1n) is 6.19. The molecule has 1 aromatic heterocycles. The van der Waals surface area contributed by atoms with E-state index >= 15 is 0 Å². The number of piperidine rings is 1. The van der Waals surface area contributed by atoms with Crippen molar-refractivity contribution >= 4 is 11.7 Å². The molecule has 2 heterocycles. The van der Waals surface area contributed by atoms with Crippen LogP contribution in [0.2, 0.25) is 0 Å². The predicted molar refractivity (Wildman–Crippen MR) is 67.0 cm³/mol. The van der Waals surface area contributed by atoms with Crippen molar-refractivity contribution in [3.05, 3.63) is 18.1 Å². The first-order chi connectivity index (χ1) is 8.70. The number of nitrogens with two attached hydrogens (primary N) is 1. The van der Waals surface area contributed by atoms with Crippen molar-refractivity contribution in [1.82, 2.24) is 14.9 Å². The van der Waals surface area contributed by atoms with E-state index in [2.05, 4.69) is 9.97 Å². The topological polar surface area (TPSA) is 81.3 Å². The van der Waals surface area contributed by atoms with Crippen molar-refractivity contribution < 1.29 is 9.53 Å². The fourth-order valence-electron chi connectivity index (χ4n) is 2.10. The highest BCUT2D eigenvalue weighted by molar-refractivity contribution is 5.92. The van der Waals surface area contributed by atoms with Gasteiger partial charge in [0.05, 0.1) is 18.5 Å².